The molecule has 0 aromatic heterocycles. The first-order chi connectivity index (χ1) is 14.5. The fraction of sp³-hybridized carbons (Fsp3) is 0.609. The van der Waals surface area contributed by atoms with E-state index < -0.39 is 0 Å². The number of imide groups is 1. The number of amides is 3. The molecule has 6 nitrogen and oxygen atoms in total. The van der Waals surface area contributed by atoms with Gasteiger partial charge in [-0.1, -0.05) is 35.2 Å². The smallest absolute Gasteiger partial charge is 0.261 e. The maximum atomic E-state index is 12.8. The highest BCUT2D eigenvalue weighted by Gasteiger charge is 2.36. The zero-order chi connectivity index (χ0) is 21.1. The van der Waals surface area contributed by atoms with Gasteiger partial charge in [0.1, 0.15) is 0 Å². The second-order valence-electron chi connectivity index (χ2n) is 8.74. The van der Waals surface area contributed by atoms with Gasteiger partial charge in [0.15, 0.2) is 0 Å². The van der Waals surface area contributed by atoms with E-state index in [0.29, 0.717) is 11.1 Å². The van der Waals surface area contributed by atoms with Crippen LogP contribution in [0.2, 0.25) is 0 Å². The van der Waals surface area contributed by atoms with Crippen LogP contribution < -0.4 is 0 Å². The van der Waals surface area contributed by atoms with Gasteiger partial charge < -0.3 is 9.80 Å². The van der Waals surface area contributed by atoms with Gasteiger partial charge in [-0.05, 0) is 49.9 Å². The lowest BCUT2D eigenvalue weighted by Gasteiger charge is -2.29. The zero-order valence-electron chi connectivity index (χ0n) is 17.4. The minimum Gasteiger partial charge on any atom is -0.341 e. The maximum Gasteiger partial charge on any atom is 0.261 e. The van der Waals surface area contributed by atoms with E-state index in [4.69, 9.17) is 0 Å². The topological polar surface area (TPSA) is 60.9 Å². The van der Waals surface area contributed by atoms with Crippen molar-refractivity contribution in [3.05, 3.63) is 33.8 Å². The predicted molar refractivity (Wildman–Crippen MR) is 118 cm³/mol. The molecule has 162 valence electrons. The standard InChI is InChI=1S/C23H30BrN3O3/c24-18-7-8-19-20(15-18)23(30)27(22(19)29)12-9-21(28)26-11-4-10-25(13-14-26)16-17-5-2-1-3-6-17/h7-8,15,17H,1-6,9-14,16H2. The largest absolute Gasteiger partial charge is 0.341 e. The highest BCUT2D eigenvalue weighted by molar-refractivity contribution is 9.10. The number of nitrogens with zero attached hydrogens (tertiary/aromatic N) is 3. The van der Waals surface area contributed by atoms with Crippen LogP contribution in [-0.4, -0.2) is 71.7 Å². The molecule has 2 fully saturated rings. The molecule has 3 aliphatic rings. The molecule has 1 aromatic rings. The third-order valence-corrected chi connectivity index (χ3v) is 7.16. The molecule has 1 saturated carbocycles. The number of fused-ring (bicyclic) bond motifs is 1. The van der Waals surface area contributed by atoms with Crippen LogP contribution in [-0.2, 0) is 4.79 Å². The number of hydrogen-bond acceptors (Lipinski definition) is 4. The van der Waals surface area contributed by atoms with Gasteiger partial charge in [-0.25, -0.2) is 0 Å². The molecule has 1 saturated heterocycles. The predicted octanol–water partition coefficient (Wildman–Crippen LogP) is 3.55. The summed E-state index contributed by atoms with van der Waals surface area (Å²) in [5.74, 6) is 0.241. The molecular weight excluding hydrogens is 446 g/mol. The zero-order valence-corrected chi connectivity index (χ0v) is 19.0. The van der Waals surface area contributed by atoms with E-state index in [-0.39, 0.29) is 30.7 Å². The fourth-order valence-electron chi connectivity index (χ4n) is 4.97. The molecule has 0 radical (unpaired) electrons. The van der Waals surface area contributed by atoms with Gasteiger partial charge in [-0.3, -0.25) is 19.3 Å². The van der Waals surface area contributed by atoms with E-state index in [1.165, 1.54) is 37.0 Å². The normalized spacial score (nSPS) is 21.1. The SMILES string of the molecule is O=C(CCN1C(=O)c2ccc(Br)cc2C1=O)N1CCCN(CC2CCCCC2)CC1. The van der Waals surface area contributed by atoms with Crippen molar-refractivity contribution in [2.75, 3.05) is 39.3 Å². The first-order valence-corrected chi connectivity index (χ1v) is 12.0. The first-order valence-electron chi connectivity index (χ1n) is 11.2. The lowest BCUT2D eigenvalue weighted by atomic mass is 9.89. The highest BCUT2D eigenvalue weighted by atomic mass is 79.9. The number of rotatable bonds is 5. The van der Waals surface area contributed by atoms with Crippen molar-refractivity contribution in [3.63, 3.8) is 0 Å². The van der Waals surface area contributed by atoms with Crippen molar-refractivity contribution in [1.29, 1.82) is 0 Å². The van der Waals surface area contributed by atoms with Crippen molar-refractivity contribution in [1.82, 2.24) is 14.7 Å². The fourth-order valence-corrected chi connectivity index (χ4v) is 5.33. The lowest BCUT2D eigenvalue weighted by molar-refractivity contribution is -0.131. The van der Waals surface area contributed by atoms with Gasteiger partial charge >= 0.3 is 0 Å². The van der Waals surface area contributed by atoms with Crippen molar-refractivity contribution < 1.29 is 14.4 Å². The Morgan fingerprint density at radius 1 is 0.933 bits per heavy atom. The van der Waals surface area contributed by atoms with E-state index >= 15 is 0 Å². The van der Waals surface area contributed by atoms with Crippen molar-refractivity contribution in [2.24, 2.45) is 5.92 Å². The van der Waals surface area contributed by atoms with Gasteiger partial charge in [0.05, 0.1) is 11.1 Å². The Hall–Kier alpha value is -1.73. The summed E-state index contributed by atoms with van der Waals surface area (Å²) in [4.78, 5) is 43.6. The summed E-state index contributed by atoms with van der Waals surface area (Å²) in [5.41, 5.74) is 0.832. The summed E-state index contributed by atoms with van der Waals surface area (Å²) >= 11 is 3.34. The third kappa shape index (κ3) is 4.78. The molecule has 2 heterocycles. The average Bonchev–Trinajstić information content (AvgIpc) is 2.90. The van der Waals surface area contributed by atoms with Gasteiger partial charge in [-0.2, -0.15) is 0 Å². The van der Waals surface area contributed by atoms with Gasteiger partial charge in [0.25, 0.3) is 11.8 Å². The Kier molecular flexibility index (Phi) is 6.88. The van der Waals surface area contributed by atoms with E-state index in [9.17, 15) is 14.4 Å². The third-order valence-electron chi connectivity index (χ3n) is 6.66. The Morgan fingerprint density at radius 3 is 2.50 bits per heavy atom. The van der Waals surface area contributed by atoms with Gasteiger partial charge in [0, 0.05) is 43.6 Å². The number of carbonyl (C=O) groups excluding carboxylic acids is 3. The summed E-state index contributed by atoms with van der Waals surface area (Å²) < 4.78 is 0.766. The van der Waals surface area contributed by atoms with Crippen LogP contribution in [0.3, 0.4) is 0 Å². The molecule has 1 aliphatic carbocycles. The van der Waals surface area contributed by atoms with Crippen LogP contribution >= 0.6 is 15.9 Å². The quantitative estimate of drug-likeness (QED) is 0.610. The molecule has 0 N–H and O–H groups in total. The minimum atomic E-state index is -0.307. The number of hydrogen-bond donors (Lipinski definition) is 0. The van der Waals surface area contributed by atoms with Crippen molar-refractivity contribution in [3.8, 4) is 0 Å². The van der Waals surface area contributed by atoms with Crippen LogP contribution in [0.25, 0.3) is 0 Å². The Labute approximate surface area is 186 Å². The average molecular weight is 476 g/mol. The molecular formula is C23H30BrN3O3. The van der Waals surface area contributed by atoms with Crippen LogP contribution in [0.15, 0.2) is 22.7 Å². The van der Waals surface area contributed by atoms with Crippen molar-refractivity contribution >= 4 is 33.7 Å². The Balaban J connectivity index is 1.27. The van der Waals surface area contributed by atoms with Crippen LogP contribution in [0.4, 0.5) is 0 Å². The Morgan fingerprint density at radius 2 is 1.70 bits per heavy atom. The molecule has 3 amide bonds. The first kappa shape index (κ1) is 21.5. The maximum absolute atomic E-state index is 12.8. The summed E-state index contributed by atoms with van der Waals surface area (Å²) in [5, 5.41) is 0. The van der Waals surface area contributed by atoms with E-state index in [1.807, 2.05) is 4.90 Å². The molecule has 1 aromatic carbocycles. The highest BCUT2D eigenvalue weighted by Crippen LogP contribution is 2.27. The van der Waals surface area contributed by atoms with E-state index in [2.05, 4.69) is 20.8 Å². The number of halogens is 1. The number of carbonyl (C=O) groups is 3. The molecule has 7 heteroatoms. The second kappa shape index (κ2) is 9.60. The lowest BCUT2D eigenvalue weighted by Crippen LogP contribution is -2.39. The van der Waals surface area contributed by atoms with Crippen molar-refractivity contribution in [2.45, 2.75) is 44.9 Å². The van der Waals surface area contributed by atoms with Gasteiger partial charge in [0.2, 0.25) is 5.91 Å². The van der Waals surface area contributed by atoms with Crippen LogP contribution in [0, 0.1) is 5.92 Å². The van der Waals surface area contributed by atoms with Gasteiger partial charge in [-0.15, -0.1) is 0 Å². The summed E-state index contributed by atoms with van der Waals surface area (Å²) in [6.45, 7) is 4.77. The van der Waals surface area contributed by atoms with Crippen LogP contribution in [0.1, 0.15) is 65.7 Å². The second-order valence-corrected chi connectivity index (χ2v) is 9.66. The molecule has 0 atom stereocenters. The summed E-state index contributed by atoms with van der Waals surface area (Å²) in [6, 6.07) is 5.10. The molecule has 0 unspecified atom stereocenters. The van der Waals surface area contributed by atoms with E-state index in [1.54, 1.807) is 18.2 Å². The summed E-state index contributed by atoms with van der Waals surface area (Å²) in [6.07, 6.45) is 7.96. The monoisotopic (exact) mass is 475 g/mol. The molecule has 0 spiro atoms. The molecule has 4 rings (SSSR count). The summed E-state index contributed by atoms with van der Waals surface area (Å²) in [7, 11) is 0. The molecule has 0 bridgehead atoms. The molecule has 2 aliphatic heterocycles. The van der Waals surface area contributed by atoms with E-state index in [0.717, 1.165) is 49.5 Å². The Bertz CT molecular complexity index is 822. The molecule has 30 heavy (non-hydrogen) atoms. The van der Waals surface area contributed by atoms with Crippen LogP contribution in [0.5, 0.6) is 0 Å². The number of benzene rings is 1. The minimum absolute atomic E-state index is 0.0345.